The first-order valence-corrected chi connectivity index (χ1v) is 7.36. The summed E-state index contributed by atoms with van der Waals surface area (Å²) in [5.41, 5.74) is 1.38. The van der Waals surface area contributed by atoms with Crippen LogP contribution in [0.4, 0.5) is 0 Å². The quantitative estimate of drug-likeness (QED) is 0.860. The zero-order chi connectivity index (χ0) is 12.4. The summed E-state index contributed by atoms with van der Waals surface area (Å²) < 4.78 is 6.16. The Balaban J connectivity index is 1.69. The molecule has 2 nitrogen and oxygen atoms in total. The highest BCUT2D eigenvalue weighted by molar-refractivity contribution is 5.37. The molecule has 1 aliphatic carbocycles. The van der Waals surface area contributed by atoms with Gasteiger partial charge in [0.05, 0.1) is 0 Å². The molecule has 98 valence electrons. The van der Waals surface area contributed by atoms with Gasteiger partial charge in [0.2, 0.25) is 0 Å². The maximum atomic E-state index is 6.16. The standard InChI is InChI=1S/C16H23NO/c1-2-10-17-16(12-7-5-8-12)15-11-13-6-3-4-9-14(13)18-15/h3-4,6,9,12,15-17H,2,5,7-8,10-11H2,1H3. The van der Waals surface area contributed by atoms with E-state index in [-0.39, 0.29) is 0 Å². The van der Waals surface area contributed by atoms with E-state index >= 15 is 0 Å². The van der Waals surface area contributed by atoms with Crippen molar-refractivity contribution in [3.05, 3.63) is 29.8 Å². The van der Waals surface area contributed by atoms with Crippen molar-refractivity contribution in [1.29, 1.82) is 0 Å². The van der Waals surface area contributed by atoms with Gasteiger partial charge in [-0.3, -0.25) is 0 Å². The van der Waals surface area contributed by atoms with Crippen LogP contribution in [0.1, 0.15) is 38.2 Å². The number of hydrogen-bond donors (Lipinski definition) is 1. The van der Waals surface area contributed by atoms with Crippen molar-refractivity contribution in [2.45, 2.75) is 51.2 Å². The molecule has 1 N–H and O–H groups in total. The van der Waals surface area contributed by atoms with Crippen molar-refractivity contribution in [2.24, 2.45) is 5.92 Å². The number of ether oxygens (including phenoxy) is 1. The van der Waals surface area contributed by atoms with E-state index in [0.717, 1.165) is 24.6 Å². The SMILES string of the molecule is CCCNC(C1CCC1)C1Cc2ccccc2O1. The van der Waals surface area contributed by atoms with Gasteiger partial charge in [-0.05, 0) is 43.4 Å². The number of para-hydroxylation sites is 1. The predicted octanol–water partition coefficient (Wildman–Crippen LogP) is 3.16. The van der Waals surface area contributed by atoms with Crippen molar-refractivity contribution < 1.29 is 4.74 Å². The molecule has 0 aromatic heterocycles. The maximum absolute atomic E-state index is 6.16. The highest BCUT2D eigenvalue weighted by atomic mass is 16.5. The van der Waals surface area contributed by atoms with Crippen LogP contribution in [-0.4, -0.2) is 18.7 Å². The Morgan fingerprint density at radius 2 is 2.17 bits per heavy atom. The van der Waals surface area contributed by atoms with Gasteiger partial charge in [-0.15, -0.1) is 0 Å². The van der Waals surface area contributed by atoms with Gasteiger partial charge in [0.1, 0.15) is 11.9 Å². The lowest BCUT2D eigenvalue weighted by Gasteiger charge is -2.37. The van der Waals surface area contributed by atoms with Crippen LogP contribution in [0.15, 0.2) is 24.3 Å². The zero-order valence-corrected chi connectivity index (χ0v) is 11.2. The monoisotopic (exact) mass is 245 g/mol. The summed E-state index contributed by atoms with van der Waals surface area (Å²) in [7, 11) is 0. The summed E-state index contributed by atoms with van der Waals surface area (Å²) in [5, 5.41) is 3.72. The van der Waals surface area contributed by atoms with E-state index in [9.17, 15) is 0 Å². The van der Waals surface area contributed by atoms with Gasteiger partial charge < -0.3 is 10.1 Å². The molecule has 1 aromatic carbocycles. The molecule has 2 unspecified atom stereocenters. The Hall–Kier alpha value is -1.02. The van der Waals surface area contributed by atoms with Crippen molar-refractivity contribution in [2.75, 3.05) is 6.54 Å². The van der Waals surface area contributed by atoms with E-state index in [2.05, 4.69) is 36.5 Å². The summed E-state index contributed by atoms with van der Waals surface area (Å²) in [6, 6.07) is 9.03. The Morgan fingerprint density at radius 1 is 1.33 bits per heavy atom. The minimum atomic E-state index is 0.347. The first kappa shape index (κ1) is 12.0. The summed E-state index contributed by atoms with van der Waals surface area (Å²) in [6.07, 6.45) is 6.76. The molecule has 0 saturated heterocycles. The molecule has 1 fully saturated rings. The van der Waals surface area contributed by atoms with E-state index in [4.69, 9.17) is 4.74 Å². The molecule has 3 rings (SSSR count). The van der Waals surface area contributed by atoms with E-state index in [1.54, 1.807) is 0 Å². The lowest BCUT2D eigenvalue weighted by atomic mass is 9.77. The average molecular weight is 245 g/mol. The van der Waals surface area contributed by atoms with Gasteiger partial charge in [0, 0.05) is 12.5 Å². The van der Waals surface area contributed by atoms with Gasteiger partial charge >= 0.3 is 0 Å². The third-order valence-corrected chi connectivity index (χ3v) is 4.36. The molecule has 1 aromatic rings. The highest BCUT2D eigenvalue weighted by Crippen LogP contribution is 2.36. The molecule has 0 amide bonds. The fourth-order valence-corrected chi connectivity index (χ4v) is 3.12. The highest BCUT2D eigenvalue weighted by Gasteiger charge is 2.37. The van der Waals surface area contributed by atoms with Crippen LogP contribution in [0.2, 0.25) is 0 Å². The minimum absolute atomic E-state index is 0.347. The molecular weight excluding hydrogens is 222 g/mol. The molecule has 2 aliphatic rings. The average Bonchev–Trinajstić information content (AvgIpc) is 2.75. The van der Waals surface area contributed by atoms with Crippen molar-refractivity contribution in [3.63, 3.8) is 0 Å². The molecule has 2 heteroatoms. The second-order valence-corrected chi connectivity index (χ2v) is 5.64. The van der Waals surface area contributed by atoms with Crippen LogP contribution < -0.4 is 10.1 Å². The normalized spacial score (nSPS) is 24.2. The number of rotatable bonds is 5. The Bertz CT molecular complexity index is 375. The van der Waals surface area contributed by atoms with Crippen molar-refractivity contribution in [3.8, 4) is 5.75 Å². The third-order valence-electron chi connectivity index (χ3n) is 4.36. The molecular formula is C16H23NO. The largest absolute Gasteiger partial charge is 0.488 e. The molecule has 18 heavy (non-hydrogen) atoms. The van der Waals surface area contributed by atoms with Crippen LogP contribution in [0.5, 0.6) is 5.75 Å². The fraction of sp³-hybridized carbons (Fsp3) is 0.625. The predicted molar refractivity (Wildman–Crippen MR) is 74.0 cm³/mol. The Labute approximate surface area is 110 Å². The van der Waals surface area contributed by atoms with E-state index < -0.39 is 0 Å². The maximum Gasteiger partial charge on any atom is 0.123 e. The second-order valence-electron chi connectivity index (χ2n) is 5.64. The van der Waals surface area contributed by atoms with Gasteiger partial charge in [0.25, 0.3) is 0 Å². The number of fused-ring (bicyclic) bond motifs is 1. The van der Waals surface area contributed by atoms with Crippen molar-refractivity contribution in [1.82, 2.24) is 5.32 Å². The fourth-order valence-electron chi connectivity index (χ4n) is 3.12. The van der Waals surface area contributed by atoms with Crippen molar-refractivity contribution >= 4 is 0 Å². The summed E-state index contributed by atoms with van der Waals surface area (Å²) in [6.45, 7) is 3.34. The van der Waals surface area contributed by atoms with Crippen LogP contribution in [-0.2, 0) is 6.42 Å². The smallest absolute Gasteiger partial charge is 0.123 e. The van der Waals surface area contributed by atoms with Crippen LogP contribution in [0, 0.1) is 5.92 Å². The Morgan fingerprint density at radius 3 is 2.83 bits per heavy atom. The van der Waals surface area contributed by atoms with Gasteiger partial charge in [0.15, 0.2) is 0 Å². The Kier molecular flexibility index (Phi) is 3.55. The second kappa shape index (κ2) is 5.31. The topological polar surface area (TPSA) is 21.3 Å². The summed E-state index contributed by atoms with van der Waals surface area (Å²) >= 11 is 0. The lowest BCUT2D eigenvalue weighted by molar-refractivity contribution is 0.104. The van der Waals surface area contributed by atoms with Gasteiger partial charge in [-0.2, -0.15) is 0 Å². The first-order valence-electron chi connectivity index (χ1n) is 7.36. The molecule has 0 bridgehead atoms. The van der Waals surface area contributed by atoms with E-state index in [1.807, 2.05) is 0 Å². The van der Waals surface area contributed by atoms with Crippen LogP contribution in [0.3, 0.4) is 0 Å². The molecule has 0 spiro atoms. The molecule has 1 aliphatic heterocycles. The molecule has 1 heterocycles. The number of nitrogens with one attached hydrogen (secondary N) is 1. The zero-order valence-electron chi connectivity index (χ0n) is 11.2. The first-order chi connectivity index (χ1) is 8.88. The van der Waals surface area contributed by atoms with Crippen LogP contribution >= 0.6 is 0 Å². The van der Waals surface area contributed by atoms with E-state index in [0.29, 0.717) is 12.1 Å². The molecule has 2 atom stereocenters. The minimum Gasteiger partial charge on any atom is -0.488 e. The van der Waals surface area contributed by atoms with Gasteiger partial charge in [-0.1, -0.05) is 31.5 Å². The molecule has 1 saturated carbocycles. The van der Waals surface area contributed by atoms with E-state index in [1.165, 1.54) is 31.2 Å². The number of benzene rings is 1. The summed E-state index contributed by atoms with van der Waals surface area (Å²) in [4.78, 5) is 0. The van der Waals surface area contributed by atoms with Crippen LogP contribution in [0.25, 0.3) is 0 Å². The third kappa shape index (κ3) is 2.26. The lowest BCUT2D eigenvalue weighted by Crippen LogP contribution is -2.49. The number of hydrogen-bond acceptors (Lipinski definition) is 2. The van der Waals surface area contributed by atoms with Gasteiger partial charge in [-0.25, -0.2) is 0 Å². The summed E-state index contributed by atoms with van der Waals surface area (Å²) in [5.74, 6) is 1.93. The molecule has 0 radical (unpaired) electrons.